The summed E-state index contributed by atoms with van der Waals surface area (Å²) in [5.41, 5.74) is 6.07. The van der Waals surface area contributed by atoms with Gasteiger partial charge in [0, 0.05) is 23.9 Å². The molecule has 0 aliphatic rings. The summed E-state index contributed by atoms with van der Waals surface area (Å²) in [4.78, 5) is 13.8. The predicted molar refractivity (Wildman–Crippen MR) is 147 cm³/mol. The van der Waals surface area contributed by atoms with Crippen LogP contribution in [-0.4, -0.2) is 40.9 Å². The Hall–Kier alpha value is -4.99. The number of hydrogen-bond acceptors (Lipinski definition) is 5. The van der Waals surface area contributed by atoms with Gasteiger partial charge >= 0.3 is 12.1 Å². The van der Waals surface area contributed by atoms with E-state index in [0.717, 1.165) is 45.3 Å². The van der Waals surface area contributed by atoms with Crippen LogP contribution in [0.5, 0.6) is 11.5 Å². The molecule has 3 aromatic carbocycles. The predicted octanol–water partition coefficient (Wildman–Crippen LogP) is 6.93. The summed E-state index contributed by atoms with van der Waals surface area (Å²) in [5.74, 6) is -0.166. The Morgan fingerprint density at radius 2 is 1.55 bits per heavy atom. The number of nitrogens with one attached hydrogen (secondary N) is 1. The number of fused-ring (bicyclic) bond motifs is 1. The van der Waals surface area contributed by atoms with Crippen molar-refractivity contribution in [1.82, 2.24) is 9.38 Å². The van der Waals surface area contributed by atoms with Gasteiger partial charge in [-0.1, -0.05) is 48.5 Å². The van der Waals surface area contributed by atoms with Crippen LogP contribution in [0, 0.1) is 0 Å². The van der Waals surface area contributed by atoms with Gasteiger partial charge in [0.05, 0.1) is 14.2 Å². The maximum absolute atomic E-state index is 10.6. The highest BCUT2D eigenvalue weighted by atomic mass is 19.4. The summed E-state index contributed by atoms with van der Waals surface area (Å²) in [6.45, 7) is 0.706. The van der Waals surface area contributed by atoms with Crippen molar-refractivity contribution in [3.63, 3.8) is 0 Å². The maximum Gasteiger partial charge on any atom is 0.490 e. The molecule has 7 nitrogen and oxygen atoms in total. The number of carbonyl (C=O) groups is 1. The molecule has 2 heterocycles. The van der Waals surface area contributed by atoms with Crippen LogP contribution in [0.3, 0.4) is 0 Å². The van der Waals surface area contributed by atoms with Crippen LogP contribution in [0.4, 0.5) is 19.0 Å². The average molecular weight is 550 g/mol. The molecule has 0 spiro atoms. The molecule has 0 bridgehead atoms. The molecular formula is C30H26F3N3O4. The molecule has 5 aromatic rings. The Morgan fingerprint density at radius 1 is 0.900 bits per heavy atom. The number of aromatic nitrogens is 2. The molecule has 10 heteroatoms. The number of halogens is 3. The minimum atomic E-state index is -5.08. The number of anilines is 1. The van der Waals surface area contributed by atoms with Gasteiger partial charge in [-0.3, -0.25) is 4.40 Å². The summed E-state index contributed by atoms with van der Waals surface area (Å²) in [7, 11) is 3.36. The van der Waals surface area contributed by atoms with Gasteiger partial charge in [0.2, 0.25) is 0 Å². The molecule has 40 heavy (non-hydrogen) atoms. The number of carboxylic acids is 1. The van der Waals surface area contributed by atoms with Crippen LogP contribution >= 0.6 is 0 Å². The van der Waals surface area contributed by atoms with Crippen LogP contribution in [0.1, 0.15) is 5.56 Å². The van der Waals surface area contributed by atoms with E-state index in [1.807, 2.05) is 60.8 Å². The van der Waals surface area contributed by atoms with Crippen molar-refractivity contribution in [2.24, 2.45) is 0 Å². The molecule has 2 N–H and O–H groups in total. The van der Waals surface area contributed by atoms with Crippen LogP contribution in [0.25, 0.3) is 28.0 Å². The summed E-state index contributed by atoms with van der Waals surface area (Å²) in [6, 6.07) is 30.6. The molecule has 0 amide bonds. The van der Waals surface area contributed by atoms with E-state index in [1.54, 1.807) is 14.2 Å². The zero-order valence-corrected chi connectivity index (χ0v) is 21.6. The lowest BCUT2D eigenvalue weighted by Gasteiger charge is -2.13. The zero-order chi connectivity index (χ0) is 28.7. The maximum atomic E-state index is 10.6. The van der Waals surface area contributed by atoms with E-state index >= 15 is 0 Å². The van der Waals surface area contributed by atoms with Gasteiger partial charge in [-0.15, -0.1) is 0 Å². The Morgan fingerprint density at radius 3 is 2.17 bits per heavy atom. The molecule has 0 fully saturated rings. The highest BCUT2D eigenvalue weighted by Gasteiger charge is 2.38. The van der Waals surface area contributed by atoms with E-state index in [2.05, 4.69) is 46.1 Å². The number of alkyl halides is 3. The lowest BCUT2D eigenvalue weighted by molar-refractivity contribution is -0.192. The number of carboxylic acid groups (broad SMARTS) is 1. The van der Waals surface area contributed by atoms with Crippen molar-refractivity contribution in [3.8, 4) is 33.9 Å². The van der Waals surface area contributed by atoms with Crippen molar-refractivity contribution in [3.05, 3.63) is 103 Å². The molecule has 206 valence electrons. The van der Waals surface area contributed by atoms with Crippen molar-refractivity contribution >= 4 is 17.4 Å². The quantitative estimate of drug-likeness (QED) is 0.229. The molecule has 5 rings (SSSR count). The number of imidazole rings is 1. The SMILES string of the molecule is COc1ccc(-c2cc(-c3nc4ccccn4c3NCc3ccccc3)ccc2OC)cc1.O=C(O)C(F)(F)F. The highest BCUT2D eigenvalue weighted by molar-refractivity contribution is 5.82. The minimum absolute atomic E-state index is 0.706. The topological polar surface area (TPSA) is 85.1 Å². The Balaban J connectivity index is 0.000000470. The third-order valence-corrected chi connectivity index (χ3v) is 5.95. The number of hydrogen-bond donors (Lipinski definition) is 2. The average Bonchev–Trinajstić information content (AvgIpc) is 3.34. The number of pyridine rings is 1. The number of nitrogens with zero attached hydrogens (tertiary/aromatic N) is 2. The smallest absolute Gasteiger partial charge is 0.490 e. The normalized spacial score (nSPS) is 10.9. The first-order valence-corrected chi connectivity index (χ1v) is 12.1. The minimum Gasteiger partial charge on any atom is -0.497 e. The van der Waals surface area contributed by atoms with Gasteiger partial charge in [0.25, 0.3) is 0 Å². The molecular weight excluding hydrogens is 523 g/mol. The summed E-state index contributed by atoms with van der Waals surface area (Å²) in [6.07, 6.45) is -3.05. The molecule has 0 saturated heterocycles. The van der Waals surface area contributed by atoms with Crippen molar-refractivity contribution in [2.45, 2.75) is 12.7 Å². The Bertz CT molecular complexity index is 1580. The largest absolute Gasteiger partial charge is 0.497 e. The molecule has 0 radical (unpaired) electrons. The van der Waals surface area contributed by atoms with E-state index in [1.165, 1.54) is 5.56 Å². The van der Waals surface area contributed by atoms with E-state index in [9.17, 15) is 13.2 Å². The molecule has 2 aromatic heterocycles. The lowest BCUT2D eigenvalue weighted by atomic mass is 10.00. The summed E-state index contributed by atoms with van der Waals surface area (Å²) >= 11 is 0. The van der Waals surface area contributed by atoms with Crippen LogP contribution in [0.2, 0.25) is 0 Å². The van der Waals surface area contributed by atoms with Crippen molar-refractivity contribution < 1.29 is 32.5 Å². The van der Waals surface area contributed by atoms with Gasteiger partial charge in [-0.2, -0.15) is 13.2 Å². The van der Waals surface area contributed by atoms with Crippen molar-refractivity contribution in [1.29, 1.82) is 0 Å². The van der Waals surface area contributed by atoms with Gasteiger partial charge in [-0.25, -0.2) is 9.78 Å². The van der Waals surface area contributed by atoms with E-state index < -0.39 is 12.1 Å². The van der Waals surface area contributed by atoms with Gasteiger partial charge < -0.3 is 19.9 Å². The monoisotopic (exact) mass is 549 g/mol. The van der Waals surface area contributed by atoms with Crippen molar-refractivity contribution in [2.75, 3.05) is 19.5 Å². The van der Waals surface area contributed by atoms with E-state index in [4.69, 9.17) is 24.4 Å². The molecule has 0 saturated carbocycles. The number of ether oxygens (including phenoxy) is 2. The Labute approximate surface area is 228 Å². The first-order chi connectivity index (χ1) is 19.2. The first kappa shape index (κ1) is 28.0. The third kappa shape index (κ3) is 6.52. The fourth-order valence-corrected chi connectivity index (χ4v) is 4.00. The van der Waals surface area contributed by atoms with Gasteiger partial charge in [0.15, 0.2) is 0 Å². The fourth-order valence-electron chi connectivity index (χ4n) is 4.00. The standard InChI is InChI=1S/C28H25N3O2.C2HF3O2/c1-32-23-14-11-21(12-15-23)24-18-22(13-16-25(24)33-2)27-28(29-19-20-8-4-3-5-9-20)31-17-7-6-10-26(31)30-27;3-2(4,5)1(6)7/h3-18,29H,19H2,1-2H3;(H,6,7). The van der Waals surface area contributed by atoms with Gasteiger partial charge in [0.1, 0.15) is 28.7 Å². The molecule has 0 aliphatic carbocycles. The second kappa shape index (κ2) is 12.2. The second-order valence-corrected chi connectivity index (χ2v) is 8.52. The number of aliphatic carboxylic acids is 1. The molecule has 0 unspecified atom stereocenters. The Kier molecular flexibility index (Phi) is 8.58. The van der Waals surface area contributed by atoms with E-state index in [0.29, 0.717) is 6.54 Å². The highest BCUT2D eigenvalue weighted by Crippen LogP contribution is 2.37. The van der Waals surface area contributed by atoms with Crippen LogP contribution in [-0.2, 0) is 11.3 Å². The number of benzene rings is 3. The van der Waals surface area contributed by atoms with Crippen LogP contribution in [0.15, 0.2) is 97.2 Å². The fraction of sp³-hybridized carbons (Fsp3) is 0.133. The third-order valence-electron chi connectivity index (χ3n) is 5.95. The molecule has 0 aliphatic heterocycles. The summed E-state index contributed by atoms with van der Waals surface area (Å²) in [5, 5.41) is 10.7. The zero-order valence-electron chi connectivity index (χ0n) is 21.6. The second-order valence-electron chi connectivity index (χ2n) is 8.52. The summed E-state index contributed by atoms with van der Waals surface area (Å²) < 4.78 is 44.8. The first-order valence-electron chi connectivity index (χ1n) is 12.1. The van der Waals surface area contributed by atoms with E-state index in [-0.39, 0.29) is 0 Å². The number of rotatable bonds is 7. The van der Waals surface area contributed by atoms with Crippen LogP contribution < -0.4 is 14.8 Å². The molecule has 0 atom stereocenters. The lowest BCUT2D eigenvalue weighted by Crippen LogP contribution is -2.21. The van der Waals surface area contributed by atoms with Gasteiger partial charge in [-0.05, 0) is 53.6 Å². The number of methoxy groups -OCH3 is 2.